The van der Waals surface area contributed by atoms with Crippen molar-refractivity contribution in [2.75, 3.05) is 10.4 Å². The highest BCUT2D eigenvalue weighted by molar-refractivity contribution is 5.81. The Morgan fingerprint density at radius 1 is 1.13 bits per heavy atom. The zero-order chi connectivity index (χ0) is 21.3. The number of aromatic nitrogens is 2. The third-order valence-electron chi connectivity index (χ3n) is 5.10. The fourth-order valence-electron chi connectivity index (χ4n) is 3.50. The molecule has 0 saturated carbocycles. The average molecular weight is 406 g/mol. The average Bonchev–Trinajstić information content (AvgIpc) is 3.10. The minimum Gasteiger partial charge on any atom is -0.353 e. The van der Waals surface area contributed by atoms with Gasteiger partial charge in [-0.1, -0.05) is 50.2 Å². The minimum atomic E-state index is -0.729. The summed E-state index contributed by atoms with van der Waals surface area (Å²) in [5, 5.41) is 4.52. The van der Waals surface area contributed by atoms with Gasteiger partial charge in [-0.05, 0) is 36.1 Å². The van der Waals surface area contributed by atoms with Gasteiger partial charge in [0.05, 0.1) is 6.20 Å². The van der Waals surface area contributed by atoms with E-state index in [2.05, 4.69) is 30.2 Å². The van der Waals surface area contributed by atoms with Gasteiger partial charge in [-0.15, -0.1) is 0 Å². The maximum absolute atomic E-state index is 13.2. The molecule has 1 aromatic heterocycles. The SMILES string of the molecule is CC(C)c1ccccc1-c1ncc2c(n1)N(OC(C)c1ccc(F)cc1)C(C=O)N2. The van der Waals surface area contributed by atoms with Crippen molar-refractivity contribution in [3.05, 3.63) is 71.7 Å². The van der Waals surface area contributed by atoms with E-state index in [9.17, 15) is 9.18 Å². The molecule has 30 heavy (non-hydrogen) atoms. The number of hydrogen-bond donors (Lipinski definition) is 1. The summed E-state index contributed by atoms with van der Waals surface area (Å²) < 4.78 is 13.2. The van der Waals surface area contributed by atoms with Gasteiger partial charge in [-0.3, -0.25) is 9.63 Å². The molecule has 7 heteroatoms. The Morgan fingerprint density at radius 2 is 1.87 bits per heavy atom. The van der Waals surface area contributed by atoms with Gasteiger partial charge in [-0.2, -0.15) is 0 Å². The summed E-state index contributed by atoms with van der Waals surface area (Å²) in [5.41, 5.74) is 3.48. The monoisotopic (exact) mass is 406 g/mol. The maximum atomic E-state index is 13.2. The Balaban J connectivity index is 1.68. The number of carbonyl (C=O) groups excluding carboxylic acids is 1. The van der Waals surface area contributed by atoms with Gasteiger partial charge in [0, 0.05) is 5.56 Å². The number of halogens is 1. The van der Waals surface area contributed by atoms with Gasteiger partial charge in [0.25, 0.3) is 0 Å². The van der Waals surface area contributed by atoms with Crippen LogP contribution >= 0.6 is 0 Å². The molecule has 154 valence electrons. The largest absolute Gasteiger partial charge is 0.353 e. The summed E-state index contributed by atoms with van der Waals surface area (Å²) in [7, 11) is 0. The van der Waals surface area contributed by atoms with E-state index in [4.69, 9.17) is 9.82 Å². The molecule has 0 spiro atoms. The van der Waals surface area contributed by atoms with E-state index in [1.807, 2.05) is 25.1 Å². The molecular formula is C23H23FN4O2. The number of nitrogens with one attached hydrogen (secondary N) is 1. The molecule has 2 atom stereocenters. The first-order valence-corrected chi connectivity index (χ1v) is 9.87. The van der Waals surface area contributed by atoms with Gasteiger partial charge < -0.3 is 5.32 Å². The molecule has 0 fully saturated rings. The van der Waals surface area contributed by atoms with E-state index in [-0.39, 0.29) is 5.82 Å². The van der Waals surface area contributed by atoms with Crippen LogP contribution in [0.3, 0.4) is 0 Å². The van der Waals surface area contributed by atoms with E-state index in [0.717, 1.165) is 23.0 Å². The molecule has 0 saturated heterocycles. The molecule has 1 N–H and O–H groups in total. The van der Waals surface area contributed by atoms with Crippen molar-refractivity contribution < 1.29 is 14.0 Å². The van der Waals surface area contributed by atoms with E-state index in [1.54, 1.807) is 18.3 Å². The highest BCUT2D eigenvalue weighted by Crippen LogP contribution is 2.36. The van der Waals surface area contributed by atoms with Crippen LogP contribution in [0.5, 0.6) is 0 Å². The van der Waals surface area contributed by atoms with Crippen LogP contribution in [0, 0.1) is 5.82 Å². The van der Waals surface area contributed by atoms with Crippen molar-refractivity contribution in [3.8, 4) is 11.4 Å². The summed E-state index contributed by atoms with van der Waals surface area (Å²) in [5.74, 6) is 1.05. The molecule has 0 bridgehead atoms. The van der Waals surface area contributed by atoms with Crippen molar-refractivity contribution in [2.45, 2.75) is 39.0 Å². The van der Waals surface area contributed by atoms with Crippen LogP contribution in [0.2, 0.25) is 0 Å². The molecule has 1 aliphatic heterocycles. The topological polar surface area (TPSA) is 67.3 Å². The van der Waals surface area contributed by atoms with Crippen LogP contribution in [-0.2, 0) is 9.63 Å². The fraction of sp³-hybridized carbons (Fsp3) is 0.261. The quantitative estimate of drug-likeness (QED) is 0.590. The van der Waals surface area contributed by atoms with Crippen LogP contribution in [0.1, 0.15) is 43.9 Å². The summed E-state index contributed by atoms with van der Waals surface area (Å²) in [4.78, 5) is 26.9. The van der Waals surface area contributed by atoms with Gasteiger partial charge in [-0.25, -0.2) is 19.4 Å². The smallest absolute Gasteiger partial charge is 0.183 e. The van der Waals surface area contributed by atoms with Gasteiger partial charge in [0.2, 0.25) is 0 Å². The zero-order valence-corrected chi connectivity index (χ0v) is 17.0. The minimum absolute atomic E-state index is 0.310. The van der Waals surface area contributed by atoms with E-state index in [1.165, 1.54) is 17.2 Å². The van der Waals surface area contributed by atoms with Crippen molar-refractivity contribution in [2.24, 2.45) is 0 Å². The first-order valence-electron chi connectivity index (χ1n) is 9.87. The Morgan fingerprint density at radius 3 is 2.57 bits per heavy atom. The van der Waals surface area contributed by atoms with Crippen molar-refractivity contribution >= 4 is 17.8 Å². The Kier molecular flexibility index (Phi) is 5.46. The molecule has 2 heterocycles. The number of carbonyl (C=O) groups is 1. The fourth-order valence-corrected chi connectivity index (χ4v) is 3.50. The molecule has 3 aromatic rings. The first-order chi connectivity index (χ1) is 14.5. The van der Waals surface area contributed by atoms with Crippen LogP contribution in [0.4, 0.5) is 15.9 Å². The second kappa shape index (κ2) is 8.20. The molecule has 0 radical (unpaired) electrons. The van der Waals surface area contributed by atoms with Crippen LogP contribution in [0.15, 0.2) is 54.7 Å². The summed E-state index contributed by atoms with van der Waals surface area (Å²) in [6.07, 6.45) is 1.27. The zero-order valence-electron chi connectivity index (χ0n) is 17.0. The maximum Gasteiger partial charge on any atom is 0.183 e. The second-order valence-electron chi connectivity index (χ2n) is 7.52. The number of benzene rings is 2. The second-order valence-corrected chi connectivity index (χ2v) is 7.52. The van der Waals surface area contributed by atoms with Crippen LogP contribution in [-0.4, -0.2) is 22.4 Å². The molecular weight excluding hydrogens is 383 g/mol. The normalized spacial score (nSPS) is 16.3. The summed E-state index contributed by atoms with van der Waals surface area (Å²) in [6, 6.07) is 14.1. The standard InChI is InChI=1S/C23H23FN4O2/c1-14(2)18-6-4-5-7-19(18)22-25-12-20-23(27-22)28(21(13-29)26-20)30-15(3)16-8-10-17(24)11-9-16/h4-15,21,26H,1-3H3. The van der Waals surface area contributed by atoms with Gasteiger partial charge in [0.15, 0.2) is 24.1 Å². The molecule has 0 amide bonds. The molecule has 0 aliphatic carbocycles. The predicted octanol–water partition coefficient (Wildman–Crippen LogP) is 4.86. The number of rotatable bonds is 6. The molecule has 2 unspecified atom stereocenters. The molecule has 6 nitrogen and oxygen atoms in total. The van der Waals surface area contributed by atoms with E-state index in [0.29, 0.717) is 23.2 Å². The Bertz CT molecular complexity index is 1060. The van der Waals surface area contributed by atoms with E-state index >= 15 is 0 Å². The Hall–Kier alpha value is -3.32. The first kappa shape index (κ1) is 20.0. The van der Waals surface area contributed by atoms with Crippen LogP contribution in [0.25, 0.3) is 11.4 Å². The number of hydrogen-bond acceptors (Lipinski definition) is 6. The van der Waals surface area contributed by atoms with Crippen molar-refractivity contribution in [1.82, 2.24) is 9.97 Å². The number of nitrogens with zero attached hydrogens (tertiary/aromatic N) is 3. The molecule has 1 aliphatic rings. The van der Waals surface area contributed by atoms with E-state index < -0.39 is 12.3 Å². The highest BCUT2D eigenvalue weighted by Gasteiger charge is 2.33. The summed E-state index contributed by atoms with van der Waals surface area (Å²) >= 11 is 0. The lowest BCUT2D eigenvalue weighted by molar-refractivity contribution is -0.110. The molecule has 4 rings (SSSR count). The highest BCUT2D eigenvalue weighted by atomic mass is 19.1. The summed E-state index contributed by atoms with van der Waals surface area (Å²) in [6.45, 7) is 6.08. The lowest BCUT2D eigenvalue weighted by atomic mass is 9.97. The van der Waals surface area contributed by atoms with Crippen LogP contribution < -0.4 is 10.4 Å². The predicted molar refractivity (Wildman–Crippen MR) is 113 cm³/mol. The number of anilines is 2. The number of fused-ring (bicyclic) bond motifs is 1. The molecule has 2 aromatic carbocycles. The number of aldehydes is 1. The Labute approximate surface area is 174 Å². The lowest BCUT2D eigenvalue weighted by Gasteiger charge is -2.25. The third kappa shape index (κ3) is 3.76. The van der Waals surface area contributed by atoms with Crippen molar-refractivity contribution in [1.29, 1.82) is 0 Å². The lowest BCUT2D eigenvalue weighted by Crippen LogP contribution is -2.38. The number of hydroxylamine groups is 1. The third-order valence-corrected chi connectivity index (χ3v) is 5.10. The van der Waals surface area contributed by atoms with Gasteiger partial charge >= 0.3 is 0 Å². The van der Waals surface area contributed by atoms with Crippen molar-refractivity contribution in [3.63, 3.8) is 0 Å². The van der Waals surface area contributed by atoms with Gasteiger partial charge in [0.1, 0.15) is 17.6 Å².